The Kier molecular flexibility index (Phi) is 11.2. The number of anilines is 1. The summed E-state index contributed by atoms with van der Waals surface area (Å²) in [5.41, 5.74) is 4.33. The van der Waals surface area contributed by atoms with Gasteiger partial charge < -0.3 is 33.7 Å². The Morgan fingerprint density at radius 3 is 2.04 bits per heavy atom. The first kappa shape index (κ1) is 32.9. The molecule has 0 fully saturated rings. The third-order valence-corrected chi connectivity index (χ3v) is 6.46. The van der Waals surface area contributed by atoms with E-state index in [1.54, 1.807) is 67.6 Å². The number of hydrogen-bond acceptors (Lipinski definition) is 10. The summed E-state index contributed by atoms with van der Waals surface area (Å²) >= 11 is 0. The van der Waals surface area contributed by atoms with Gasteiger partial charge in [-0.1, -0.05) is 12.1 Å². The molecule has 4 rings (SSSR count). The number of hydrogen-bond donors (Lipinski definition) is 2. The van der Waals surface area contributed by atoms with Gasteiger partial charge >= 0.3 is 5.97 Å². The summed E-state index contributed by atoms with van der Waals surface area (Å²) in [7, 11) is 5.88. The van der Waals surface area contributed by atoms with Crippen molar-refractivity contribution in [1.82, 2.24) is 5.43 Å². The number of rotatable bonds is 13. The van der Waals surface area contributed by atoms with E-state index in [1.165, 1.54) is 52.9 Å². The molecule has 0 radical (unpaired) electrons. The molecule has 0 bridgehead atoms. The molecule has 0 aliphatic carbocycles. The molecule has 0 atom stereocenters. The number of esters is 1. The van der Waals surface area contributed by atoms with Crippen LogP contribution >= 0.6 is 0 Å². The van der Waals surface area contributed by atoms with Crippen molar-refractivity contribution in [1.29, 1.82) is 0 Å². The van der Waals surface area contributed by atoms with E-state index in [4.69, 9.17) is 28.4 Å². The minimum atomic E-state index is -0.671. The van der Waals surface area contributed by atoms with Crippen molar-refractivity contribution in [2.24, 2.45) is 5.10 Å². The van der Waals surface area contributed by atoms with Gasteiger partial charge in [0.2, 0.25) is 5.75 Å². The van der Waals surface area contributed by atoms with Crippen LogP contribution in [0.1, 0.15) is 43.6 Å². The van der Waals surface area contributed by atoms with Gasteiger partial charge in [0.15, 0.2) is 23.0 Å². The summed E-state index contributed by atoms with van der Waals surface area (Å²) in [5, 5.41) is 6.81. The molecule has 0 aliphatic rings. The third kappa shape index (κ3) is 8.11. The maximum absolute atomic E-state index is 13.0. The molecule has 0 unspecified atom stereocenters. The lowest BCUT2D eigenvalue weighted by atomic mass is 10.1. The van der Waals surface area contributed by atoms with Crippen LogP contribution < -0.4 is 39.2 Å². The average molecular weight is 628 g/mol. The first-order valence-corrected chi connectivity index (χ1v) is 14.0. The monoisotopic (exact) mass is 627 g/mol. The molecule has 0 saturated carbocycles. The number of ether oxygens (including phenoxy) is 6. The molecule has 0 saturated heterocycles. The van der Waals surface area contributed by atoms with Crippen LogP contribution in [0.2, 0.25) is 0 Å². The molecule has 12 heteroatoms. The molecule has 2 N–H and O–H groups in total. The number of carbonyl (C=O) groups excluding carboxylic acids is 3. The fourth-order valence-corrected chi connectivity index (χ4v) is 4.25. The van der Waals surface area contributed by atoms with Crippen LogP contribution in [0.3, 0.4) is 0 Å². The SMILES string of the molecule is CCOc1cc(C=NNC(=O)c2cccc(NC(=O)c3cccc(OC)c3)c2)ccc1OC(=O)c1cc(OC)c(OC)c(OC)c1. The van der Waals surface area contributed by atoms with Crippen LogP contribution in [0.5, 0.6) is 34.5 Å². The van der Waals surface area contributed by atoms with E-state index in [2.05, 4.69) is 15.8 Å². The Morgan fingerprint density at radius 2 is 1.39 bits per heavy atom. The maximum atomic E-state index is 13.0. The van der Waals surface area contributed by atoms with Crippen LogP contribution in [0, 0.1) is 0 Å². The smallest absolute Gasteiger partial charge is 0.343 e. The van der Waals surface area contributed by atoms with E-state index >= 15 is 0 Å². The van der Waals surface area contributed by atoms with E-state index in [0.717, 1.165) is 0 Å². The molecule has 0 aliphatic heterocycles. The largest absolute Gasteiger partial charge is 0.497 e. The summed E-state index contributed by atoms with van der Waals surface area (Å²) in [4.78, 5) is 38.5. The second-order valence-corrected chi connectivity index (χ2v) is 9.41. The third-order valence-electron chi connectivity index (χ3n) is 6.46. The van der Waals surface area contributed by atoms with Crippen LogP contribution in [0.25, 0.3) is 0 Å². The van der Waals surface area contributed by atoms with Crippen molar-refractivity contribution in [2.45, 2.75) is 6.92 Å². The quantitative estimate of drug-likeness (QED) is 0.0867. The van der Waals surface area contributed by atoms with Crippen molar-refractivity contribution in [3.05, 3.63) is 101 Å². The zero-order valence-electron chi connectivity index (χ0n) is 25.9. The molecule has 4 aromatic carbocycles. The van der Waals surface area contributed by atoms with Crippen LogP contribution in [0.15, 0.2) is 84.0 Å². The fraction of sp³-hybridized carbons (Fsp3) is 0.176. The lowest BCUT2D eigenvalue weighted by molar-refractivity contribution is 0.0727. The molecular formula is C34H33N3O9. The Hall–Kier alpha value is -6.04. The Balaban J connectivity index is 1.43. The summed E-state index contributed by atoms with van der Waals surface area (Å²) < 4.78 is 32.4. The fourth-order valence-electron chi connectivity index (χ4n) is 4.25. The molecule has 2 amide bonds. The molecule has 12 nitrogen and oxygen atoms in total. The number of nitrogens with zero attached hydrogens (tertiary/aromatic N) is 1. The van der Waals surface area contributed by atoms with Gasteiger partial charge in [0.1, 0.15) is 5.75 Å². The predicted molar refractivity (Wildman–Crippen MR) is 171 cm³/mol. The molecule has 0 aromatic heterocycles. The number of methoxy groups -OCH3 is 4. The number of amides is 2. The number of carbonyl (C=O) groups is 3. The lowest BCUT2D eigenvalue weighted by Gasteiger charge is -2.15. The number of hydrazone groups is 1. The van der Waals surface area contributed by atoms with Gasteiger partial charge in [0.05, 0.1) is 46.8 Å². The highest BCUT2D eigenvalue weighted by atomic mass is 16.6. The summed E-state index contributed by atoms with van der Waals surface area (Å²) in [6.07, 6.45) is 1.42. The lowest BCUT2D eigenvalue weighted by Crippen LogP contribution is -2.18. The van der Waals surface area contributed by atoms with Gasteiger partial charge in [-0.15, -0.1) is 0 Å². The van der Waals surface area contributed by atoms with E-state index in [0.29, 0.717) is 46.4 Å². The first-order chi connectivity index (χ1) is 22.3. The van der Waals surface area contributed by atoms with E-state index in [-0.39, 0.29) is 28.5 Å². The standard InChI is InChI=1S/C34H33N3O9/c1-6-45-28-15-21(13-14-27(28)46-34(40)24-18-29(42-3)31(44-5)30(19-24)43-4)20-35-37-33(39)22-9-7-11-25(16-22)36-32(38)23-10-8-12-26(17-23)41-2/h7-20H,6H2,1-5H3,(H,36,38)(H,37,39). The minimum Gasteiger partial charge on any atom is -0.497 e. The van der Waals surface area contributed by atoms with Gasteiger partial charge in [-0.2, -0.15) is 5.10 Å². The zero-order chi connectivity index (χ0) is 33.1. The van der Waals surface area contributed by atoms with Gasteiger partial charge in [0.25, 0.3) is 11.8 Å². The van der Waals surface area contributed by atoms with Crippen LogP contribution in [-0.2, 0) is 0 Å². The Morgan fingerprint density at radius 1 is 0.696 bits per heavy atom. The molecule has 4 aromatic rings. The molecule has 238 valence electrons. The van der Waals surface area contributed by atoms with Crippen molar-refractivity contribution < 1.29 is 42.8 Å². The van der Waals surface area contributed by atoms with E-state index < -0.39 is 11.9 Å². The van der Waals surface area contributed by atoms with Crippen molar-refractivity contribution >= 4 is 29.7 Å². The highest BCUT2D eigenvalue weighted by molar-refractivity contribution is 6.05. The molecule has 46 heavy (non-hydrogen) atoms. The zero-order valence-corrected chi connectivity index (χ0v) is 25.9. The molecular weight excluding hydrogens is 594 g/mol. The Labute approximate surface area is 265 Å². The first-order valence-electron chi connectivity index (χ1n) is 14.0. The average Bonchev–Trinajstić information content (AvgIpc) is 3.08. The second kappa shape index (κ2) is 15.6. The van der Waals surface area contributed by atoms with Gasteiger partial charge in [0, 0.05) is 16.8 Å². The van der Waals surface area contributed by atoms with Crippen molar-refractivity contribution in [3.8, 4) is 34.5 Å². The molecule has 0 heterocycles. The number of benzene rings is 4. The predicted octanol–water partition coefficient (Wildman–Crippen LogP) is 5.36. The molecule has 0 spiro atoms. The van der Waals surface area contributed by atoms with Gasteiger partial charge in [-0.05, 0) is 79.2 Å². The normalized spacial score (nSPS) is 10.5. The van der Waals surface area contributed by atoms with Gasteiger partial charge in [-0.25, -0.2) is 10.2 Å². The second-order valence-electron chi connectivity index (χ2n) is 9.41. The summed E-state index contributed by atoms with van der Waals surface area (Å²) in [6.45, 7) is 2.09. The van der Waals surface area contributed by atoms with Crippen molar-refractivity contribution in [3.63, 3.8) is 0 Å². The summed E-state index contributed by atoms with van der Waals surface area (Å²) in [6, 6.07) is 21.0. The highest BCUT2D eigenvalue weighted by Crippen LogP contribution is 2.39. The maximum Gasteiger partial charge on any atom is 0.343 e. The Bertz CT molecular complexity index is 1730. The topological polar surface area (TPSA) is 143 Å². The minimum absolute atomic E-state index is 0.175. The van der Waals surface area contributed by atoms with Crippen molar-refractivity contribution in [2.75, 3.05) is 40.4 Å². The highest BCUT2D eigenvalue weighted by Gasteiger charge is 2.20. The van der Waals surface area contributed by atoms with Gasteiger partial charge in [-0.3, -0.25) is 9.59 Å². The van der Waals surface area contributed by atoms with E-state index in [9.17, 15) is 14.4 Å². The van der Waals surface area contributed by atoms with Crippen LogP contribution in [0.4, 0.5) is 5.69 Å². The summed E-state index contributed by atoms with van der Waals surface area (Å²) in [5.74, 6) is 0.457. The number of nitrogens with one attached hydrogen (secondary N) is 2. The van der Waals surface area contributed by atoms with Crippen LogP contribution in [-0.4, -0.2) is 59.0 Å². The van der Waals surface area contributed by atoms with E-state index in [1.807, 2.05) is 0 Å².